The van der Waals surface area contributed by atoms with Gasteiger partial charge >= 0.3 is 0 Å². The highest BCUT2D eigenvalue weighted by Gasteiger charge is 2.49. The van der Waals surface area contributed by atoms with Crippen LogP contribution in [-0.4, -0.2) is 93.2 Å². The van der Waals surface area contributed by atoms with E-state index in [-0.39, 0.29) is 6.42 Å². The third-order valence-electron chi connectivity index (χ3n) is 4.67. The Balaban J connectivity index is 2.31. The summed E-state index contributed by atoms with van der Waals surface area (Å²) in [6, 6.07) is -3.66. The number of azide groups is 3. The van der Waals surface area contributed by atoms with Crippen molar-refractivity contribution in [2.45, 2.75) is 67.5 Å². The molecule has 154 valence electrons. The second kappa shape index (κ2) is 9.73. The monoisotopic (exact) mass is 401 g/mol. The van der Waals surface area contributed by atoms with Crippen LogP contribution in [0.4, 0.5) is 0 Å². The number of aliphatic hydroxyl groups excluding tert-OH is 5. The van der Waals surface area contributed by atoms with Crippen molar-refractivity contribution in [2.75, 3.05) is 6.61 Å². The summed E-state index contributed by atoms with van der Waals surface area (Å²) in [6.45, 7) is -0.699. The van der Waals surface area contributed by atoms with E-state index < -0.39 is 67.6 Å². The average molecular weight is 401 g/mol. The molecule has 0 aromatic carbocycles. The van der Waals surface area contributed by atoms with Crippen molar-refractivity contribution in [3.05, 3.63) is 31.3 Å². The highest BCUT2D eigenvalue weighted by atomic mass is 16.7. The Morgan fingerprint density at radius 1 is 0.857 bits per heavy atom. The normalized spacial score (nSPS) is 43.2. The van der Waals surface area contributed by atoms with Crippen LogP contribution in [0.1, 0.15) is 6.42 Å². The van der Waals surface area contributed by atoms with Gasteiger partial charge in [0.25, 0.3) is 0 Å². The molecule has 0 radical (unpaired) electrons. The fourth-order valence-electron chi connectivity index (χ4n) is 3.22. The molecule has 0 aromatic heterocycles. The molecule has 2 aliphatic rings. The molecule has 2 fully saturated rings. The first-order valence-corrected chi connectivity index (χ1v) is 8.16. The molecule has 2 rings (SSSR count). The molecule has 0 spiro atoms. The lowest BCUT2D eigenvalue weighted by molar-refractivity contribution is -0.293. The first-order chi connectivity index (χ1) is 13.4. The minimum atomic E-state index is -1.69. The van der Waals surface area contributed by atoms with Gasteiger partial charge in [-0.15, -0.1) is 0 Å². The Hall–Kier alpha value is -2.35. The van der Waals surface area contributed by atoms with Gasteiger partial charge in [0.15, 0.2) is 6.29 Å². The van der Waals surface area contributed by atoms with Crippen LogP contribution in [-0.2, 0) is 9.47 Å². The van der Waals surface area contributed by atoms with Gasteiger partial charge in [-0.1, -0.05) is 15.3 Å². The van der Waals surface area contributed by atoms with Gasteiger partial charge in [-0.3, -0.25) is 0 Å². The molecule has 1 saturated carbocycles. The number of rotatable bonds is 6. The third kappa shape index (κ3) is 4.38. The van der Waals surface area contributed by atoms with Crippen molar-refractivity contribution in [1.29, 1.82) is 0 Å². The van der Waals surface area contributed by atoms with Crippen LogP contribution in [0.3, 0.4) is 0 Å². The van der Waals surface area contributed by atoms with Crippen molar-refractivity contribution in [3.63, 3.8) is 0 Å². The van der Waals surface area contributed by atoms with E-state index in [1.807, 2.05) is 0 Å². The standard InChI is InChI=1S/C12H19N9O7/c13-19-16-3-1-4(17-20-14)11(10(26)7(3)23)28-12-6(18-21-15)9(25)8(24)5(2-22)27-12/h3-12,22-26H,1-2H2/t3-,4?,5?,6?,7?,8-,9-,10-,11-,12-/m1/s1. The molecule has 16 heteroatoms. The molecular weight excluding hydrogens is 382 g/mol. The molecule has 0 aromatic rings. The van der Waals surface area contributed by atoms with Crippen molar-refractivity contribution >= 4 is 0 Å². The van der Waals surface area contributed by atoms with Crippen molar-refractivity contribution in [3.8, 4) is 0 Å². The Morgan fingerprint density at radius 2 is 1.46 bits per heavy atom. The largest absolute Gasteiger partial charge is 0.394 e. The Bertz CT molecular complexity index is 693. The van der Waals surface area contributed by atoms with Crippen molar-refractivity contribution in [1.82, 2.24) is 0 Å². The van der Waals surface area contributed by atoms with Crippen LogP contribution in [0.5, 0.6) is 0 Å². The molecule has 16 nitrogen and oxygen atoms in total. The molecule has 5 N–H and O–H groups in total. The van der Waals surface area contributed by atoms with Gasteiger partial charge in [0, 0.05) is 14.7 Å². The maximum Gasteiger partial charge on any atom is 0.169 e. The number of hydrogen-bond acceptors (Lipinski definition) is 10. The lowest BCUT2D eigenvalue weighted by Gasteiger charge is -2.45. The molecule has 0 bridgehead atoms. The summed E-state index contributed by atoms with van der Waals surface area (Å²) in [5.74, 6) is 0. The van der Waals surface area contributed by atoms with E-state index in [1.54, 1.807) is 0 Å². The Kier molecular flexibility index (Phi) is 7.62. The third-order valence-corrected chi connectivity index (χ3v) is 4.67. The second-order valence-electron chi connectivity index (χ2n) is 6.26. The number of ether oxygens (including phenoxy) is 2. The summed E-state index contributed by atoms with van der Waals surface area (Å²) < 4.78 is 10.9. The van der Waals surface area contributed by atoms with Crippen LogP contribution < -0.4 is 0 Å². The summed E-state index contributed by atoms with van der Waals surface area (Å²) in [4.78, 5) is 7.75. The minimum absolute atomic E-state index is 0.162. The van der Waals surface area contributed by atoms with Gasteiger partial charge < -0.3 is 35.0 Å². The maximum atomic E-state index is 10.4. The van der Waals surface area contributed by atoms with Gasteiger partial charge in [0.05, 0.1) is 37.0 Å². The number of aliphatic hydroxyl groups is 5. The van der Waals surface area contributed by atoms with E-state index >= 15 is 0 Å². The zero-order chi connectivity index (χ0) is 20.8. The van der Waals surface area contributed by atoms with E-state index in [1.165, 1.54) is 0 Å². The van der Waals surface area contributed by atoms with E-state index in [0.717, 1.165) is 0 Å². The van der Waals surface area contributed by atoms with Crippen LogP contribution in [0, 0.1) is 0 Å². The van der Waals surface area contributed by atoms with Crippen LogP contribution in [0.2, 0.25) is 0 Å². The lowest BCUT2D eigenvalue weighted by atomic mass is 9.84. The summed E-state index contributed by atoms with van der Waals surface area (Å²) >= 11 is 0. The summed E-state index contributed by atoms with van der Waals surface area (Å²) in [5.41, 5.74) is 26.0. The highest BCUT2D eigenvalue weighted by molar-refractivity contribution is 5.02. The predicted molar refractivity (Wildman–Crippen MR) is 88.1 cm³/mol. The molecule has 4 unspecified atom stereocenters. The molecular formula is C12H19N9O7. The van der Waals surface area contributed by atoms with Gasteiger partial charge in [-0.25, -0.2) is 0 Å². The molecule has 0 amide bonds. The van der Waals surface area contributed by atoms with Gasteiger partial charge in [0.1, 0.15) is 24.4 Å². The molecule has 10 atom stereocenters. The zero-order valence-corrected chi connectivity index (χ0v) is 14.3. The maximum absolute atomic E-state index is 10.4. The van der Waals surface area contributed by atoms with Crippen LogP contribution in [0.25, 0.3) is 31.3 Å². The Morgan fingerprint density at radius 3 is 2.04 bits per heavy atom. The fourth-order valence-corrected chi connectivity index (χ4v) is 3.22. The van der Waals surface area contributed by atoms with E-state index in [4.69, 9.17) is 26.1 Å². The summed E-state index contributed by atoms with van der Waals surface area (Å²) in [6.07, 6.45) is -10.9. The van der Waals surface area contributed by atoms with E-state index in [9.17, 15) is 25.5 Å². The Labute approximate surface area is 156 Å². The topological polar surface area (TPSA) is 266 Å². The van der Waals surface area contributed by atoms with Crippen molar-refractivity contribution in [2.24, 2.45) is 15.3 Å². The molecule has 1 saturated heterocycles. The molecule has 1 aliphatic carbocycles. The molecule has 1 aliphatic heterocycles. The quantitative estimate of drug-likeness (QED) is 0.209. The first-order valence-electron chi connectivity index (χ1n) is 8.16. The first kappa shape index (κ1) is 21.9. The van der Waals surface area contributed by atoms with Crippen molar-refractivity contribution < 1.29 is 35.0 Å². The van der Waals surface area contributed by atoms with E-state index in [2.05, 4.69) is 30.1 Å². The second-order valence-corrected chi connectivity index (χ2v) is 6.26. The summed E-state index contributed by atoms with van der Waals surface area (Å²) in [5, 5.41) is 60.0. The smallest absolute Gasteiger partial charge is 0.169 e. The predicted octanol–water partition coefficient (Wildman–Crippen LogP) is -1.03. The average Bonchev–Trinajstić information content (AvgIpc) is 2.68. The highest BCUT2D eigenvalue weighted by Crippen LogP contribution is 2.32. The fraction of sp³-hybridized carbons (Fsp3) is 1.00. The van der Waals surface area contributed by atoms with Gasteiger partial charge in [-0.2, -0.15) is 0 Å². The number of nitrogens with zero attached hydrogens (tertiary/aromatic N) is 9. The number of hydrogen-bond donors (Lipinski definition) is 5. The summed E-state index contributed by atoms with van der Waals surface area (Å²) in [7, 11) is 0. The van der Waals surface area contributed by atoms with Gasteiger partial charge in [0.2, 0.25) is 0 Å². The van der Waals surface area contributed by atoms with Gasteiger partial charge in [-0.05, 0) is 23.0 Å². The molecule has 28 heavy (non-hydrogen) atoms. The SMILES string of the molecule is [N-]=[N+]=NC1[C@@H](O[C@@H]2C(N=[N+]=[N-])C[C@@H](N=[N+]=[N-])C(O)[C@H]2O)OC(CO)[C@@H](O)[C@@H]1O. The minimum Gasteiger partial charge on any atom is -0.394 e. The van der Waals surface area contributed by atoms with Crippen LogP contribution in [0.15, 0.2) is 15.3 Å². The lowest BCUT2D eigenvalue weighted by Crippen LogP contribution is -2.62. The van der Waals surface area contributed by atoms with E-state index in [0.29, 0.717) is 0 Å². The van der Waals surface area contributed by atoms with Crippen LogP contribution >= 0.6 is 0 Å². The molecule has 1 heterocycles. The zero-order valence-electron chi connectivity index (χ0n) is 14.3.